The fourth-order valence-electron chi connectivity index (χ4n) is 1.64. The molecule has 1 fully saturated rings. The van der Waals surface area contributed by atoms with Crippen molar-refractivity contribution in [1.29, 1.82) is 0 Å². The zero-order valence-electron chi connectivity index (χ0n) is 8.94. The molecule has 0 aliphatic heterocycles. The van der Waals surface area contributed by atoms with Crippen LogP contribution in [0.3, 0.4) is 0 Å². The molecule has 0 amide bonds. The van der Waals surface area contributed by atoms with E-state index in [-0.39, 0.29) is 0 Å². The molecule has 0 aromatic rings. The molecule has 0 N–H and O–H groups in total. The van der Waals surface area contributed by atoms with Crippen molar-refractivity contribution in [3.63, 3.8) is 0 Å². The second kappa shape index (κ2) is 6.45. The number of halogens is 1. The molecule has 1 saturated carbocycles. The van der Waals surface area contributed by atoms with Gasteiger partial charge in [-0.3, -0.25) is 0 Å². The third-order valence-electron chi connectivity index (χ3n) is 2.41. The van der Waals surface area contributed by atoms with E-state index >= 15 is 0 Å². The monoisotopic (exact) mass is 174 g/mol. The highest BCUT2D eigenvalue weighted by Gasteiger charge is 2.26. The normalized spacial score (nSPS) is 35.2. The highest BCUT2D eigenvalue weighted by atomic mass is 19.1. The maximum atomic E-state index is 13.0. The minimum atomic E-state index is -0.529. The lowest BCUT2D eigenvalue weighted by atomic mass is 9.82. The van der Waals surface area contributed by atoms with Crippen molar-refractivity contribution in [3.05, 3.63) is 0 Å². The average molecular weight is 174 g/mol. The molecule has 1 aliphatic carbocycles. The van der Waals surface area contributed by atoms with Gasteiger partial charge in [-0.15, -0.1) is 0 Å². The van der Waals surface area contributed by atoms with E-state index in [1.54, 1.807) is 0 Å². The van der Waals surface area contributed by atoms with Crippen LogP contribution in [0.2, 0.25) is 0 Å². The molecule has 74 valence electrons. The van der Waals surface area contributed by atoms with Gasteiger partial charge in [-0.25, -0.2) is 4.39 Å². The SMILES string of the molecule is CC1CCCC(C)C1F.CCC. The van der Waals surface area contributed by atoms with Gasteiger partial charge in [0.05, 0.1) is 0 Å². The minimum Gasteiger partial charge on any atom is -0.247 e. The van der Waals surface area contributed by atoms with Gasteiger partial charge in [-0.05, 0) is 24.7 Å². The lowest BCUT2D eigenvalue weighted by molar-refractivity contribution is 0.120. The Balaban J connectivity index is 0.000000354. The first-order valence-corrected chi connectivity index (χ1v) is 5.27. The number of alkyl halides is 1. The van der Waals surface area contributed by atoms with Crippen molar-refractivity contribution in [2.45, 2.75) is 59.5 Å². The molecular weight excluding hydrogens is 151 g/mol. The van der Waals surface area contributed by atoms with Crippen molar-refractivity contribution in [2.75, 3.05) is 0 Å². The van der Waals surface area contributed by atoms with Crippen LogP contribution >= 0.6 is 0 Å². The van der Waals surface area contributed by atoms with E-state index in [2.05, 4.69) is 13.8 Å². The molecule has 0 nitrogen and oxygen atoms in total. The van der Waals surface area contributed by atoms with Crippen LogP contribution in [-0.2, 0) is 0 Å². The predicted octanol–water partition coefficient (Wildman–Crippen LogP) is 4.20. The maximum Gasteiger partial charge on any atom is 0.105 e. The summed E-state index contributed by atoms with van der Waals surface area (Å²) in [7, 11) is 0. The third-order valence-corrected chi connectivity index (χ3v) is 2.41. The Morgan fingerprint density at radius 3 is 1.67 bits per heavy atom. The van der Waals surface area contributed by atoms with E-state index in [1.165, 1.54) is 12.8 Å². The highest BCUT2D eigenvalue weighted by Crippen LogP contribution is 2.30. The van der Waals surface area contributed by atoms with Gasteiger partial charge < -0.3 is 0 Å². The predicted molar refractivity (Wildman–Crippen MR) is 53.0 cm³/mol. The zero-order chi connectivity index (χ0) is 9.56. The van der Waals surface area contributed by atoms with Gasteiger partial charge in [0, 0.05) is 0 Å². The Kier molecular flexibility index (Phi) is 6.41. The fourth-order valence-corrected chi connectivity index (χ4v) is 1.64. The van der Waals surface area contributed by atoms with Gasteiger partial charge in [0.15, 0.2) is 0 Å². The Labute approximate surface area is 76.6 Å². The van der Waals surface area contributed by atoms with Crippen LogP contribution in [0, 0.1) is 11.8 Å². The summed E-state index contributed by atoms with van der Waals surface area (Å²) in [6.07, 6.45) is 4.12. The van der Waals surface area contributed by atoms with Gasteiger partial charge in [-0.1, -0.05) is 40.5 Å². The number of hydrogen-bond donors (Lipinski definition) is 0. The summed E-state index contributed by atoms with van der Waals surface area (Å²) < 4.78 is 13.0. The molecule has 0 aromatic heterocycles. The van der Waals surface area contributed by atoms with Crippen LogP contribution in [0.15, 0.2) is 0 Å². The topological polar surface area (TPSA) is 0 Å². The van der Waals surface area contributed by atoms with Gasteiger partial charge in [0.2, 0.25) is 0 Å². The van der Waals surface area contributed by atoms with Crippen LogP contribution in [0.1, 0.15) is 53.4 Å². The summed E-state index contributed by atoms with van der Waals surface area (Å²) in [4.78, 5) is 0. The molecule has 2 atom stereocenters. The molecule has 2 unspecified atom stereocenters. The maximum absolute atomic E-state index is 13.0. The van der Waals surface area contributed by atoms with Crippen LogP contribution < -0.4 is 0 Å². The highest BCUT2D eigenvalue weighted by molar-refractivity contribution is 4.76. The van der Waals surface area contributed by atoms with Crippen LogP contribution in [0.25, 0.3) is 0 Å². The quantitative estimate of drug-likeness (QED) is 0.516. The number of hydrogen-bond acceptors (Lipinski definition) is 0. The lowest BCUT2D eigenvalue weighted by Crippen LogP contribution is -2.25. The molecule has 1 rings (SSSR count). The van der Waals surface area contributed by atoms with E-state index in [0.29, 0.717) is 11.8 Å². The molecule has 0 saturated heterocycles. The van der Waals surface area contributed by atoms with Gasteiger partial charge in [0.25, 0.3) is 0 Å². The van der Waals surface area contributed by atoms with Crippen molar-refractivity contribution in [1.82, 2.24) is 0 Å². The van der Waals surface area contributed by atoms with E-state index in [1.807, 2.05) is 13.8 Å². The van der Waals surface area contributed by atoms with Crippen molar-refractivity contribution >= 4 is 0 Å². The van der Waals surface area contributed by atoms with Crippen molar-refractivity contribution in [3.8, 4) is 0 Å². The molecular formula is C11H23F. The number of rotatable bonds is 0. The molecule has 1 aliphatic rings. The molecule has 12 heavy (non-hydrogen) atoms. The summed E-state index contributed by atoms with van der Waals surface area (Å²) in [5, 5.41) is 0. The van der Waals surface area contributed by atoms with E-state index in [4.69, 9.17) is 0 Å². The molecule has 0 heterocycles. The average Bonchev–Trinajstić information content (AvgIpc) is 2.02. The first kappa shape index (κ1) is 11.9. The van der Waals surface area contributed by atoms with Crippen molar-refractivity contribution < 1.29 is 4.39 Å². The minimum absolute atomic E-state index is 0.314. The Bertz CT molecular complexity index is 91.2. The zero-order valence-corrected chi connectivity index (χ0v) is 8.94. The second-order valence-electron chi connectivity index (χ2n) is 4.04. The van der Waals surface area contributed by atoms with Gasteiger partial charge >= 0.3 is 0 Å². The largest absolute Gasteiger partial charge is 0.247 e. The van der Waals surface area contributed by atoms with Gasteiger partial charge in [-0.2, -0.15) is 0 Å². The molecule has 0 aromatic carbocycles. The summed E-state index contributed by atoms with van der Waals surface area (Å²) >= 11 is 0. The van der Waals surface area contributed by atoms with Crippen molar-refractivity contribution in [2.24, 2.45) is 11.8 Å². The summed E-state index contributed by atoms with van der Waals surface area (Å²) in [5.41, 5.74) is 0. The first-order chi connectivity index (χ1) is 5.63. The third kappa shape index (κ3) is 4.08. The summed E-state index contributed by atoms with van der Waals surface area (Å²) in [6.45, 7) is 8.28. The summed E-state index contributed by atoms with van der Waals surface area (Å²) in [6, 6.07) is 0. The first-order valence-electron chi connectivity index (χ1n) is 5.27. The standard InChI is InChI=1S/C8H15F.C3H8/c1-6-4-3-5-7(2)8(6)9;1-3-2/h6-8H,3-5H2,1-2H3;3H2,1-2H3. The molecule has 0 radical (unpaired) electrons. The Morgan fingerprint density at radius 2 is 1.42 bits per heavy atom. The summed E-state index contributed by atoms with van der Waals surface area (Å²) in [5.74, 6) is 0.627. The molecule has 0 bridgehead atoms. The van der Waals surface area contributed by atoms with Gasteiger partial charge in [0.1, 0.15) is 6.17 Å². The molecule has 1 heteroatoms. The van der Waals surface area contributed by atoms with E-state index < -0.39 is 6.17 Å². The Morgan fingerprint density at radius 1 is 1.08 bits per heavy atom. The van der Waals surface area contributed by atoms with Crippen LogP contribution in [0.4, 0.5) is 4.39 Å². The van der Waals surface area contributed by atoms with Crippen LogP contribution in [-0.4, -0.2) is 6.17 Å². The molecule has 0 spiro atoms. The fraction of sp³-hybridized carbons (Fsp3) is 1.00. The van der Waals surface area contributed by atoms with E-state index in [9.17, 15) is 4.39 Å². The van der Waals surface area contributed by atoms with Crippen LogP contribution in [0.5, 0.6) is 0 Å². The van der Waals surface area contributed by atoms with E-state index in [0.717, 1.165) is 12.8 Å². The lowest BCUT2D eigenvalue weighted by Gasteiger charge is -2.27. The second-order valence-corrected chi connectivity index (χ2v) is 4.04. The smallest absolute Gasteiger partial charge is 0.105 e. The Hall–Kier alpha value is -0.0700.